The van der Waals surface area contributed by atoms with Gasteiger partial charge in [0, 0.05) is 0 Å². The molecule has 0 N–H and O–H groups in total. The first-order valence-corrected chi connectivity index (χ1v) is 9.10. The molecule has 3 rings (SSSR count). The van der Waals surface area contributed by atoms with E-state index in [0.717, 1.165) is 25.3 Å². The average molecular weight is 384 g/mol. The molecule has 0 saturated heterocycles. The zero-order chi connectivity index (χ0) is 19.6. The fraction of sp³-hybridized carbons (Fsp3) is 0.429. The zero-order valence-corrected chi connectivity index (χ0v) is 15.0. The molecule has 2 aromatic rings. The van der Waals surface area contributed by atoms with Crippen molar-refractivity contribution >= 4 is 0 Å². The van der Waals surface area contributed by atoms with E-state index in [1.165, 1.54) is 11.1 Å². The number of halogens is 5. The summed E-state index contributed by atoms with van der Waals surface area (Å²) in [6, 6.07) is 9.37. The normalized spacial score (nSPS) is 16.9. The third-order valence-electron chi connectivity index (χ3n) is 5.17. The smallest absolute Gasteiger partial charge is 0.399 e. The summed E-state index contributed by atoms with van der Waals surface area (Å²) in [6.07, 6.45) is -0.998. The molecule has 0 radical (unpaired) electrons. The van der Waals surface area contributed by atoms with Gasteiger partial charge in [-0.2, -0.15) is 0 Å². The SMILES string of the molecule is CCc1ccc(CCC2CCc3c(cc(F)c(OC(F)(F)F)c3F)C2)cc1. The van der Waals surface area contributed by atoms with Crippen LogP contribution in [0, 0.1) is 17.6 Å². The Labute approximate surface area is 155 Å². The molecule has 146 valence electrons. The van der Waals surface area contributed by atoms with Crippen LogP contribution in [0.1, 0.15) is 42.0 Å². The highest BCUT2D eigenvalue weighted by Crippen LogP contribution is 2.37. The van der Waals surface area contributed by atoms with Crippen LogP contribution >= 0.6 is 0 Å². The second-order valence-corrected chi connectivity index (χ2v) is 7.00. The van der Waals surface area contributed by atoms with Crippen molar-refractivity contribution < 1.29 is 26.7 Å². The molecule has 0 spiro atoms. The maximum Gasteiger partial charge on any atom is 0.573 e. The molecule has 0 aliphatic heterocycles. The number of fused-ring (bicyclic) bond motifs is 1. The summed E-state index contributed by atoms with van der Waals surface area (Å²) in [6.45, 7) is 2.10. The van der Waals surface area contributed by atoms with E-state index in [4.69, 9.17) is 0 Å². The second-order valence-electron chi connectivity index (χ2n) is 7.00. The largest absolute Gasteiger partial charge is 0.573 e. The Bertz CT molecular complexity index is 796. The van der Waals surface area contributed by atoms with Crippen molar-refractivity contribution in [1.29, 1.82) is 0 Å². The highest BCUT2D eigenvalue weighted by Gasteiger charge is 2.36. The number of rotatable bonds is 5. The molecular weight excluding hydrogens is 363 g/mol. The second kappa shape index (κ2) is 7.87. The first-order chi connectivity index (χ1) is 12.8. The van der Waals surface area contributed by atoms with Crippen LogP contribution in [0.3, 0.4) is 0 Å². The van der Waals surface area contributed by atoms with Crippen molar-refractivity contribution in [2.75, 3.05) is 0 Å². The summed E-state index contributed by atoms with van der Waals surface area (Å²) in [4.78, 5) is 0. The Morgan fingerprint density at radius 1 is 1.07 bits per heavy atom. The van der Waals surface area contributed by atoms with Crippen LogP contribution < -0.4 is 4.74 Å². The van der Waals surface area contributed by atoms with Gasteiger partial charge in [-0.3, -0.25) is 0 Å². The lowest BCUT2D eigenvalue weighted by Crippen LogP contribution is -2.22. The van der Waals surface area contributed by atoms with E-state index in [0.29, 0.717) is 18.4 Å². The minimum atomic E-state index is -5.12. The van der Waals surface area contributed by atoms with E-state index in [2.05, 4.69) is 35.9 Å². The van der Waals surface area contributed by atoms with Gasteiger partial charge in [0.05, 0.1) is 0 Å². The number of hydrogen-bond donors (Lipinski definition) is 0. The Hall–Kier alpha value is -2.11. The van der Waals surface area contributed by atoms with Gasteiger partial charge in [0.2, 0.25) is 5.75 Å². The lowest BCUT2D eigenvalue weighted by Gasteiger charge is -2.26. The van der Waals surface area contributed by atoms with Crippen molar-refractivity contribution in [2.45, 2.75) is 51.8 Å². The standard InChI is InChI=1S/C21H21F5O/c1-2-13-3-5-14(6-4-13)7-8-15-9-10-17-16(11-15)12-18(22)20(19(17)23)27-21(24,25)26/h3-6,12,15H,2,7-11H2,1H3. The summed E-state index contributed by atoms with van der Waals surface area (Å²) in [5.74, 6) is -3.64. The molecule has 0 saturated carbocycles. The first-order valence-electron chi connectivity index (χ1n) is 9.10. The lowest BCUT2D eigenvalue weighted by molar-refractivity contribution is -0.276. The van der Waals surface area contributed by atoms with Crippen molar-refractivity contribution in [1.82, 2.24) is 0 Å². The van der Waals surface area contributed by atoms with E-state index < -0.39 is 23.7 Å². The van der Waals surface area contributed by atoms with E-state index in [-0.39, 0.29) is 17.9 Å². The maximum absolute atomic E-state index is 14.3. The molecule has 6 heteroatoms. The van der Waals surface area contributed by atoms with E-state index in [9.17, 15) is 22.0 Å². The Morgan fingerprint density at radius 3 is 2.37 bits per heavy atom. The number of alkyl halides is 3. The summed E-state index contributed by atoms with van der Waals surface area (Å²) < 4.78 is 68.9. The van der Waals surface area contributed by atoms with Gasteiger partial charge < -0.3 is 4.74 Å². The summed E-state index contributed by atoms with van der Waals surface area (Å²) in [5.41, 5.74) is 3.06. The van der Waals surface area contributed by atoms with E-state index in [1.54, 1.807) is 0 Å². The van der Waals surface area contributed by atoms with Crippen molar-refractivity contribution in [2.24, 2.45) is 5.92 Å². The van der Waals surface area contributed by atoms with Crippen LogP contribution in [0.15, 0.2) is 30.3 Å². The third-order valence-corrected chi connectivity index (χ3v) is 5.17. The fourth-order valence-corrected chi connectivity index (χ4v) is 3.67. The number of aryl methyl sites for hydroxylation is 2. The van der Waals surface area contributed by atoms with Gasteiger partial charge in [-0.25, -0.2) is 8.78 Å². The van der Waals surface area contributed by atoms with Gasteiger partial charge in [0.15, 0.2) is 11.6 Å². The minimum absolute atomic E-state index is 0.138. The molecule has 0 fully saturated rings. The minimum Gasteiger partial charge on any atom is -0.399 e. The molecule has 0 heterocycles. The van der Waals surface area contributed by atoms with Gasteiger partial charge >= 0.3 is 6.36 Å². The predicted molar refractivity (Wildman–Crippen MR) is 92.7 cm³/mol. The monoisotopic (exact) mass is 384 g/mol. The summed E-state index contributed by atoms with van der Waals surface area (Å²) >= 11 is 0. The molecule has 0 aromatic heterocycles. The van der Waals surface area contributed by atoms with Gasteiger partial charge in [0.1, 0.15) is 0 Å². The topological polar surface area (TPSA) is 9.23 Å². The van der Waals surface area contributed by atoms with Gasteiger partial charge in [-0.1, -0.05) is 31.2 Å². The molecule has 1 atom stereocenters. The maximum atomic E-state index is 14.3. The van der Waals surface area contributed by atoms with Crippen LogP contribution in [0.25, 0.3) is 0 Å². The summed E-state index contributed by atoms with van der Waals surface area (Å²) in [7, 11) is 0. The zero-order valence-electron chi connectivity index (χ0n) is 15.0. The molecule has 1 aliphatic rings. The van der Waals surface area contributed by atoms with Gasteiger partial charge in [0.25, 0.3) is 0 Å². The highest BCUT2D eigenvalue weighted by atomic mass is 19.4. The highest BCUT2D eigenvalue weighted by molar-refractivity contribution is 5.41. The van der Waals surface area contributed by atoms with Crippen LogP contribution in [-0.2, 0) is 25.7 Å². The molecule has 2 aromatic carbocycles. The molecule has 1 nitrogen and oxygen atoms in total. The molecule has 0 amide bonds. The van der Waals surface area contributed by atoms with E-state index in [1.807, 2.05) is 0 Å². The average Bonchev–Trinajstić information content (AvgIpc) is 2.63. The fourth-order valence-electron chi connectivity index (χ4n) is 3.67. The van der Waals surface area contributed by atoms with Crippen molar-refractivity contribution in [3.8, 4) is 5.75 Å². The van der Waals surface area contributed by atoms with Crippen LogP contribution in [0.4, 0.5) is 22.0 Å². The molecule has 27 heavy (non-hydrogen) atoms. The Balaban J connectivity index is 1.69. The van der Waals surface area contributed by atoms with Crippen LogP contribution in [-0.4, -0.2) is 6.36 Å². The van der Waals surface area contributed by atoms with Gasteiger partial charge in [-0.05, 0) is 72.8 Å². The third kappa shape index (κ3) is 4.79. The van der Waals surface area contributed by atoms with Crippen LogP contribution in [0.5, 0.6) is 5.75 Å². The quantitative estimate of drug-likeness (QED) is 0.561. The lowest BCUT2D eigenvalue weighted by atomic mass is 9.80. The van der Waals surface area contributed by atoms with Crippen molar-refractivity contribution in [3.63, 3.8) is 0 Å². The molecular formula is C21H21F5O. The van der Waals surface area contributed by atoms with Crippen LogP contribution in [0.2, 0.25) is 0 Å². The van der Waals surface area contributed by atoms with Gasteiger partial charge in [-0.15, -0.1) is 13.2 Å². The number of ether oxygens (including phenoxy) is 1. The Kier molecular flexibility index (Phi) is 5.72. The predicted octanol–water partition coefficient (Wildman–Crippen LogP) is 6.16. The summed E-state index contributed by atoms with van der Waals surface area (Å²) in [5, 5.41) is 0. The van der Waals surface area contributed by atoms with Crippen molar-refractivity contribution in [3.05, 3.63) is 64.2 Å². The molecule has 1 unspecified atom stereocenters. The number of hydrogen-bond acceptors (Lipinski definition) is 1. The molecule has 0 bridgehead atoms. The first kappa shape index (κ1) is 19.6. The molecule has 1 aliphatic carbocycles. The van der Waals surface area contributed by atoms with E-state index >= 15 is 0 Å². The Morgan fingerprint density at radius 2 is 1.74 bits per heavy atom. The number of benzene rings is 2.